The molecule has 14 heavy (non-hydrogen) atoms. The second kappa shape index (κ2) is 3.76. The molecule has 2 rings (SSSR count). The lowest BCUT2D eigenvalue weighted by molar-refractivity contribution is -0.660. The van der Waals surface area contributed by atoms with E-state index in [1.165, 1.54) is 0 Å². The molecule has 0 atom stereocenters. The molecule has 1 aromatic carbocycles. The molecule has 0 fully saturated rings. The van der Waals surface area contributed by atoms with Gasteiger partial charge in [-0.25, -0.2) is 0 Å². The van der Waals surface area contributed by atoms with Crippen molar-refractivity contribution in [2.45, 2.75) is 6.92 Å². The van der Waals surface area contributed by atoms with Crippen LogP contribution in [0.15, 0.2) is 42.6 Å². The summed E-state index contributed by atoms with van der Waals surface area (Å²) < 4.78 is 1.81. The third-order valence-corrected chi connectivity index (χ3v) is 2.14. The fourth-order valence-corrected chi connectivity index (χ4v) is 1.45. The second-order valence-electron chi connectivity index (χ2n) is 3.07. The maximum Gasteiger partial charge on any atom is 0.239 e. The molecule has 2 nitrogen and oxygen atoms in total. The molecular weight excluding hydrogens is 196 g/mol. The van der Waals surface area contributed by atoms with Crippen molar-refractivity contribution >= 4 is 11.6 Å². The van der Waals surface area contributed by atoms with Crippen LogP contribution in [0.2, 0.25) is 5.02 Å². The first-order valence-corrected chi connectivity index (χ1v) is 4.75. The van der Waals surface area contributed by atoms with Crippen LogP contribution in [0.3, 0.4) is 0 Å². The monoisotopic (exact) mass is 205 g/mol. The highest BCUT2D eigenvalue weighted by Crippen LogP contribution is 2.09. The summed E-state index contributed by atoms with van der Waals surface area (Å²) in [7, 11) is 0. The molecule has 2 aromatic rings. The van der Waals surface area contributed by atoms with Crippen molar-refractivity contribution in [1.82, 2.24) is 5.10 Å². The molecule has 0 aliphatic rings. The summed E-state index contributed by atoms with van der Waals surface area (Å²) in [5.41, 5.74) is 1.95. The van der Waals surface area contributed by atoms with Gasteiger partial charge >= 0.3 is 0 Å². The molecule has 0 spiro atoms. The highest BCUT2D eigenvalue weighted by molar-refractivity contribution is 6.30. The lowest BCUT2D eigenvalue weighted by Gasteiger charge is -1.94. The van der Waals surface area contributed by atoms with Crippen LogP contribution in [0.1, 0.15) is 5.69 Å². The quantitative estimate of drug-likeness (QED) is 0.653. The van der Waals surface area contributed by atoms with Gasteiger partial charge in [0.15, 0.2) is 0 Å². The fraction of sp³-hybridized carbons (Fsp3) is 0.0909. The second-order valence-corrected chi connectivity index (χ2v) is 3.51. The summed E-state index contributed by atoms with van der Waals surface area (Å²) >= 11 is 5.89. The molecule has 0 aliphatic carbocycles. The number of aromatic nitrogens is 2. The minimum atomic E-state index is 0.721. The van der Waals surface area contributed by atoms with Crippen LogP contribution < -0.4 is 4.68 Å². The summed E-state index contributed by atoms with van der Waals surface area (Å²) in [6, 6.07) is 11.5. The molecule has 0 bridgehead atoms. The topological polar surface area (TPSA) is 16.8 Å². The van der Waals surface area contributed by atoms with Gasteiger partial charge in [0.05, 0.1) is 0 Å². The molecule has 70 valence electrons. The van der Waals surface area contributed by atoms with Crippen LogP contribution >= 0.6 is 11.6 Å². The van der Waals surface area contributed by atoms with Crippen molar-refractivity contribution < 1.29 is 4.68 Å². The number of aryl methyl sites for hydroxylation is 1. The summed E-state index contributed by atoms with van der Waals surface area (Å²) in [5, 5.41) is 5.06. The summed E-state index contributed by atoms with van der Waals surface area (Å²) in [4.78, 5) is 0. The number of rotatable bonds is 1. The standard InChI is InChI=1S/C11H10ClN2/c1-9-4-3-7-14(13-9)11-6-2-5-10(12)8-11/h2-8H,1H3/q+1. The minimum absolute atomic E-state index is 0.721. The fourth-order valence-electron chi connectivity index (χ4n) is 1.26. The first kappa shape index (κ1) is 9.16. The van der Waals surface area contributed by atoms with Crippen LogP contribution in [-0.2, 0) is 0 Å². The summed E-state index contributed by atoms with van der Waals surface area (Å²) in [5.74, 6) is 0. The average molecular weight is 206 g/mol. The first-order valence-electron chi connectivity index (χ1n) is 4.37. The zero-order valence-corrected chi connectivity index (χ0v) is 8.57. The van der Waals surface area contributed by atoms with Crippen LogP contribution in [0.4, 0.5) is 0 Å². The Morgan fingerprint density at radius 3 is 2.79 bits per heavy atom. The van der Waals surface area contributed by atoms with E-state index in [1.807, 2.05) is 49.5 Å². The highest BCUT2D eigenvalue weighted by Gasteiger charge is 2.07. The summed E-state index contributed by atoms with van der Waals surface area (Å²) in [6.45, 7) is 1.96. The van der Waals surface area contributed by atoms with E-state index in [2.05, 4.69) is 5.10 Å². The molecule has 1 aromatic heterocycles. The Kier molecular flexibility index (Phi) is 2.46. The zero-order chi connectivity index (χ0) is 9.97. The number of halogens is 1. The minimum Gasteiger partial charge on any atom is -0.0841 e. The van der Waals surface area contributed by atoms with Crippen LogP contribution in [0.25, 0.3) is 5.69 Å². The molecule has 0 unspecified atom stereocenters. The van der Waals surface area contributed by atoms with Gasteiger partial charge in [-0.2, -0.15) is 0 Å². The van der Waals surface area contributed by atoms with E-state index in [0.717, 1.165) is 16.4 Å². The molecule has 0 N–H and O–H groups in total. The van der Waals surface area contributed by atoms with Gasteiger partial charge < -0.3 is 0 Å². The molecular formula is C11H10ClN2+. The molecule has 3 heteroatoms. The third kappa shape index (κ3) is 1.91. The maximum absolute atomic E-state index is 5.89. The van der Waals surface area contributed by atoms with Crippen LogP contribution in [0, 0.1) is 6.92 Å². The van der Waals surface area contributed by atoms with E-state index in [4.69, 9.17) is 11.6 Å². The molecule has 0 saturated carbocycles. The van der Waals surface area contributed by atoms with Gasteiger partial charge in [0.1, 0.15) is 5.69 Å². The predicted molar refractivity (Wildman–Crippen MR) is 55.5 cm³/mol. The predicted octanol–water partition coefficient (Wildman–Crippen LogP) is 2.32. The normalized spacial score (nSPS) is 10.1. The van der Waals surface area contributed by atoms with Gasteiger partial charge in [0.25, 0.3) is 0 Å². The smallest absolute Gasteiger partial charge is 0.0841 e. The lowest BCUT2D eigenvalue weighted by Crippen LogP contribution is -2.34. The van der Waals surface area contributed by atoms with E-state index >= 15 is 0 Å². The first-order chi connectivity index (χ1) is 6.75. The highest BCUT2D eigenvalue weighted by atomic mass is 35.5. The number of hydrogen-bond donors (Lipinski definition) is 0. The van der Waals surface area contributed by atoms with E-state index in [-0.39, 0.29) is 0 Å². The Bertz CT molecular complexity index is 411. The molecule has 0 amide bonds. The largest absolute Gasteiger partial charge is 0.239 e. The molecule has 1 heterocycles. The van der Waals surface area contributed by atoms with Crippen molar-refractivity contribution in [2.75, 3.05) is 0 Å². The number of benzene rings is 1. The molecule has 0 saturated heterocycles. The summed E-state index contributed by atoms with van der Waals surface area (Å²) in [6.07, 6.45) is 1.90. The van der Waals surface area contributed by atoms with Crippen molar-refractivity contribution in [1.29, 1.82) is 0 Å². The van der Waals surface area contributed by atoms with Gasteiger partial charge in [-0.15, -0.1) is 0 Å². The van der Waals surface area contributed by atoms with Gasteiger partial charge in [0.2, 0.25) is 11.9 Å². The van der Waals surface area contributed by atoms with Crippen molar-refractivity contribution in [3.8, 4) is 5.69 Å². The number of nitrogens with zero attached hydrogens (tertiary/aromatic N) is 2. The Labute approximate surface area is 87.8 Å². The van der Waals surface area contributed by atoms with E-state index in [0.29, 0.717) is 0 Å². The maximum atomic E-state index is 5.89. The van der Waals surface area contributed by atoms with Gasteiger partial charge in [-0.3, -0.25) is 0 Å². The Balaban J connectivity index is 2.49. The van der Waals surface area contributed by atoms with Crippen LogP contribution in [-0.4, -0.2) is 5.10 Å². The van der Waals surface area contributed by atoms with Crippen molar-refractivity contribution in [2.24, 2.45) is 0 Å². The van der Waals surface area contributed by atoms with Crippen molar-refractivity contribution in [3.63, 3.8) is 0 Å². The van der Waals surface area contributed by atoms with Gasteiger partial charge in [0, 0.05) is 28.3 Å². The van der Waals surface area contributed by atoms with E-state index in [9.17, 15) is 0 Å². The van der Waals surface area contributed by atoms with Gasteiger partial charge in [-0.05, 0) is 19.1 Å². The zero-order valence-electron chi connectivity index (χ0n) is 7.81. The van der Waals surface area contributed by atoms with Crippen molar-refractivity contribution in [3.05, 3.63) is 53.3 Å². The average Bonchev–Trinajstić information content (AvgIpc) is 2.18. The van der Waals surface area contributed by atoms with E-state index < -0.39 is 0 Å². The molecule has 0 radical (unpaired) electrons. The third-order valence-electron chi connectivity index (χ3n) is 1.90. The Morgan fingerprint density at radius 2 is 2.07 bits per heavy atom. The lowest BCUT2D eigenvalue weighted by atomic mass is 10.3. The van der Waals surface area contributed by atoms with E-state index in [1.54, 1.807) is 4.68 Å². The Morgan fingerprint density at radius 1 is 1.21 bits per heavy atom. The molecule has 0 aliphatic heterocycles. The number of hydrogen-bond acceptors (Lipinski definition) is 1. The van der Waals surface area contributed by atoms with Crippen LogP contribution in [0.5, 0.6) is 0 Å². The Hall–Kier alpha value is -1.41. The SMILES string of the molecule is Cc1ccc[n+](-c2cccc(Cl)c2)n1. The van der Waals surface area contributed by atoms with Gasteiger partial charge in [-0.1, -0.05) is 22.3 Å².